The SMILES string of the molecule is COc1cccc2c1n(Cc1ccccc1OC(F)(F)F)c(=O)n2[C@@H]1CCN(c2c(C)cccc2C)C1. The Morgan fingerprint density at radius 1 is 0.946 bits per heavy atom. The summed E-state index contributed by atoms with van der Waals surface area (Å²) in [5, 5.41) is 0. The van der Waals surface area contributed by atoms with Crippen molar-refractivity contribution in [1.29, 1.82) is 0 Å². The fourth-order valence-corrected chi connectivity index (χ4v) is 5.46. The number of anilines is 1. The first-order valence-electron chi connectivity index (χ1n) is 12.1. The van der Waals surface area contributed by atoms with Gasteiger partial charge in [-0.3, -0.25) is 9.13 Å². The summed E-state index contributed by atoms with van der Waals surface area (Å²) in [6, 6.07) is 17.4. The Balaban J connectivity index is 1.59. The summed E-state index contributed by atoms with van der Waals surface area (Å²) in [6.45, 7) is 5.51. The van der Waals surface area contributed by atoms with Gasteiger partial charge >= 0.3 is 12.1 Å². The van der Waals surface area contributed by atoms with Crippen LogP contribution in [0.5, 0.6) is 11.5 Å². The first kappa shape index (κ1) is 24.8. The smallest absolute Gasteiger partial charge is 0.494 e. The maximum Gasteiger partial charge on any atom is 0.573 e. The molecule has 6 nitrogen and oxygen atoms in total. The summed E-state index contributed by atoms with van der Waals surface area (Å²) in [5.41, 5.74) is 4.72. The molecule has 1 atom stereocenters. The molecular weight excluding hydrogens is 483 g/mol. The van der Waals surface area contributed by atoms with Crippen LogP contribution >= 0.6 is 0 Å². The van der Waals surface area contributed by atoms with Gasteiger partial charge in [-0.1, -0.05) is 42.5 Å². The second-order valence-corrected chi connectivity index (χ2v) is 9.35. The van der Waals surface area contributed by atoms with E-state index in [1.54, 1.807) is 16.7 Å². The highest BCUT2D eigenvalue weighted by Crippen LogP contribution is 2.35. The molecule has 194 valence electrons. The summed E-state index contributed by atoms with van der Waals surface area (Å²) in [6.07, 6.45) is -4.08. The first-order valence-corrected chi connectivity index (χ1v) is 12.1. The van der Waals surface area contributed by atoms with Gasteiger partial charge in [0, 0.05) is 24.3 Å². The quantitative estimate of drug-likeness (QED) is 0.327. The van der Waals surface area contributed by atoms with Crippen molar-refractivity contribution >= 4 is 16.7 Å². The van der Waals surface area contributed by atoms with Gasteiger partial charge in [0.15, 0.2) is 0 Å². The topological polar surface area (TPSA) is 48.6 Å². The van der Waals surface area contributed by atoms with Gasteiger partial charge in [0.2, 0.25) is 0 Å². The van der Waals surface area contributed by atoms with Crippen LogP contribution in [-0.2, 0) is 6.54 Å². The maximum absolute atomic E-state index is 13.9. The van der Waals surface area contributed by atoms with Gasteiger partial charge < -0.3 is 14.4 Å². The van der Waals surface area contributed by atoms with Crippen LogP contribution < -0.4 is 20.1 Å². The van der Waals surface area contributed by atoms with E-state index < -0.39 is 6.36 Å². The van der Waals surface area contributed by atoms with Gasteiger partial charge in [0.25, 0.3) is 0 Å². The van der Waals surface area contributed by atoms with Gasteiger partial charge in [-0.2, -0.15) is 0 Å². The van der Waals surface area contributed by atoms with E-state index in [1.165, 1.54) is 46.7 Å². The number of imidazole rings is 1. The maximum atomic E-state index is 13.9. The van der Waals surface area contributed by atoms with E-state index in [9.17, 15) is 18.0 Å². The van der Waals surface area contributed by atoms with E-state index in [1.807, 2.05) is 18.2 Å². The standard InChI is InChI=1S/C28H28F3N3O3/c1-18-8-6-9-19(2)25(18)32-15-14-21(17-32)34-22-11-7-13-24(36-3)26(22)33(27(34)35)16-20-10-4-5-12-23(20)37-28(29,30)31/h4-13,21H,14-17H2,1-3H3/t21-/m1/s1. The normalized spacial score (nSPS) is 15.9. The molecule has 0 amide bonds. The van der Waals surface area contributed by atoms with E-state index >= 15 is 0 Å². The Kier molecular flexibility index (Phi) is 6.39. The number of methoxy groups -OCH3 is 1. The first-order chi connectivity index (χ1) is 17.7. The molecule has 0 aliphatic carbocycles. The highest BCUT2D eigenvalue weighted by atomic mass is 19.4. The Hall–Kier alpha value is -3.88. The minimum Gasteiger partial charge on any atom is -0.494 e. The van der Waals surface area contributed by atoms with Crippen LogP contribution in [-0.4, -0.2) is 35.7 Å². The van der Waals surface area contributed by atoms with Crippen LogP contribution in [0.4, 0.5) is 18.9 Å². The summed E-state index contributed by atoms with van der Waals surface area (Å²) in [5.74, 6) is 0.145. The number of alkyl halides is 3. The van der Waals surface area contributed by atoms with Crippen molar-refractivity contribution in [1.82, 2.24) is 9.13 Å². The van der Waals surface area contributed by atoms with Gasteiger partial charge in [0.1, 0.15) is 17.0 Å². The van der Waals surface area contributed by atoms with E-state index in [-0.39, 0.29) is 29.6 Å². The molecule has 1 aliphatic heterocycles. The zero-order chi connectivity index (χ0) is 26.3. The van der Waals surface area contributed by atoms with Crippen LogP contribution in [0.1, 0.15) is 29.2 Å². The Morgan fingerprint density at radius 3 is 2.32 bits per heavy atom. The molecule has 1 aromatic heterocycles. The molecule has 2 heterocycles. The molecule has 1 saturated heterocycles. The number of benzene rings is 3. The average Bonchev–Trinajstić information content (AvgIpc) is 3.42. The van der Waals surface area contributed by atoms with Crippen molar-refractivity contribution in [2.75, 3.05) is 25.1 Å². The van der Waals surface area contributed by atoms with E-state index in [0.717, 1.165) is 13.0 Å². The van der Waals surface area contributed by atoms with Crippen molar-refractivity contribution < 1.29 is 22.6 Å². The van der Waals surface area contributed by atoms with Gasteiger partial charge in [0.05, 0.1) is 25.2 Å². The fourth-order valence-electron chi connectivity index (χ4n) is 5.46. The third kappa shape index (κ3) is 4.65. The molecule has 0 radical (unpaired) electrons. The Bertz CT molecular complexity index is 1490. The average molecular weight is 512 g/mol. The number of nitrogens with zero attached hydrogens (tertiary/aromatic N) is 3. The van der Waals surface area contributed by atoms with Crippen molar-refractivity contribution in [3.8, 4) is 11.5 Å². The number of rotatable bonds is 6. The number of aryl methyl sites for hydroxylation is 2. The number of hydrogen-bond acceptors (Lipinski definition) is 4. The molecule has 4 aromatic rings. The summed E-state index contributed by atoms with van der Waals surface area (Å²) >= 11 is 0. The molecule has 0 saturated carbocycles. The number of ether oxygens (including phenoxy) is 2. The van der Waals surface area contributed by atoms with Crippen LogP contribution in [0.3, 0.4) is 0 Å². The lowest BCUT2D eigenvalue weighted by Crippen LogP contribution is -2.30. The molecular formula is C28H28F3N3O3. The van der Waals surface area contributed by atoms with Gasteiger partial charge in [-0.05, 0) is 49.6 Å². The Morgan fingerprint density at radius 2 is 1.62 bits per heavy atom. The number of fused-ring (bicyclic) bond motifs is 1. The predicted molar refractivity (Wildman–Crippen MR) is 137 cm³/mol. The number of hydrogen-bond donors (Lipinski definition) is 0. The van der Waals surface area contributed by atoms with Gasteiger partial charge in [-0.25, -0.2) is 4.79 Å². The van der Waals surface area contributed by atoms with Crippen molar-refractivity contribution in [2.24, 2.45) is 0 Å². The summed E-state index contributed by atoms with van der Waals surface area (Å²) < 4.78 is 52.2. The molecule has 0 unspecified atom stereocenters. The number of para-hydroxylation sites is 3. The lowest BCUT2D eigenvalue weighted by Gasteiger charge is -2.23. The minimum atomic E-state index is -4.84. The Labute approximate surface area is 212 Å². The molecule has 0 bridgehead atoms. The van der Waals surface area contributed by atoms with Crippen LogP contribution in [0.2, 0.25) is 0 Å². The lowest BCUT2D eigenvalue weighted by atomic mass is 10.1. The number of halogens is 3. The summed E-state index contributed by atoms with van der Waals surface area (Å²) in [7, 11) is 1.51. The molecule has 1 aliphatic rings. The largest absolute Gasteiger partial charge is 0.573 e. The third-order valence-corrected chi connectivity index (χ3v) is 6.98. The number of aromatic nitrogens is 2. The van der Waals surface area contributed by atoms with Crippen LogP contribution in [0, 0.1) is 13.8 Å². The lowest BCUT2D eigenvalue weighted by molar-refractivity contribution is -0.274. The monoisotopic (exact) mass is 511 g/mol. The molecule has 9 heteroatoms. The van der Waals surface area contributed by atoms with Crippen molar-refractivity contribution in [3.05, 3.63) is 87.8 Å². The predicted octanol–water partition coefficient (Wildman–Crippen LogP) is 5.83. The fraction of sp³-hybridized carbons (Fsp3) is 0.321. The minimum absolute atomic E-state index is 0.0949. The van der Waals surface area contributed by atoms with Crippen molar-refractivity contribution in [3.63, 3.8) is 0 Å². The zero-order valence-corrected chi connectivity index (χ0v) is 20.9. The van der Waals surface area contributed by atoms with Crippen molar-refractivity contribution in [2.45, 2.75) is 39.2 Å². The van der Waals surface area contributed by atoms with Crippen LogP contribution in [0.15, 0.2) is 65.5 Å². The molecule has 1 fully saturated rings. The summed E-state index contributed by atoms with van der Waals surface area (Å²) in [4.78, 5) is 16.2. The van der Waals surface area contributed by atoms with E-state index in [2.05, 4.69) is 35.6 Å². The van der Waals surface area contributed by atoms with Gasteiger partial charge in [-0.15, -0.1) is 13.2 Å². The molecule has 3 aromatic carbocycles. The molecule has 0 N–H and O–H groups in total. The highest BCUT2D eigenvalue weighted by molar-refractivity contribution is 5.83. The molecule has 5 rings (SSSR count). The van der Waals surface area contributed by atoms with E-state index in [0.29, 0.717) is 23.3 Å². The second-order valence-electron chi connectivity index (χ2n) is 9.35. The van der Waals surface area contributed by atoms with Crippen LogP contribution in [0.25, 0.3) is 11.0 Å². The van der Waals surface area contributed by atoms with E-state index in [4.69, 9.17) is 4.74 Å². The molecule has 37 heavy (non-hydrogen) atoms. The molecule has 0 spiro atoms. The third-order valence-electron chi connectivity index (χ3n) is 6.98. The highest BCUT2D eigenvalue weighted by Gasteiger charge is 2.33. The zero-order valence-electron chi connectivity index (χ0n) is 20.9. The second kappa shape index (κ2) is 9.53.